The van der Waals surface area contributed by atoms with Crippen molar-refractivity contribution in [3.8, 4) is 17.6 Å². The van der Waals surface area contributed by atoms with Crippen LogP contribution in [0.3, 0.4) is 0 Å². The van der Waals surface area contributed by atoms with Gasteiger partial charge < -0.3 is 24.2 Å². The molecule has 1 aliphatic heterocycles. The van der Waals surface area contributed by atoms with Crippen molar-refractivity contribution in [1.82, 2.24) is 4.90 Å². The van der Waals surface area contributed by atoms with E-state index in [0.29, 0.717) is 22.6 Å². The molecule has 1 fully saturated rings. The molecule has 206 valence electrons. The Labute approximate surface area is 233 Å². The number of benzene rings is 3. The fraction of sp³-hybridized carbons (Fsp3) is 0.344. The zero-order valence-corrected chi connectivity index (χ0v) is 22.4. The SMILES string of the molecule is COc1ccc2c(c1OCc1ccc(C#N)cc1)C[C@H](C(=O)O)N(C(=O)[C@H](OC1CCCC1)c1ccccc1)C2. The summed E-state index contributed by atoms with van der Waals surface area (Å²) in [7, 11) is 1.54. The number of aliphatic carboxylic acids is 1. The first-order valence-electron chi connectivity index (χ1n) is 13.5. The molecule has 5 rings (SSSR count). The van der Waals surface area contributed by atoms with Crippen LogP contribution in [-0.4, -0.2) is 41.1 Å². The van der Waals surface area contributed by atoms with Crippen LogP contribution in [-0.2, 0) is 33.9 Å². The zero-order chi connectivity index (χ0) is 28.1. The molecule has 1 saturated carbocycles. The van der Waals surface area contributed by atoms with Gasteiger partial charge in [0.2, 0.25) is 0 Å². The Morgan fingerprint density at radius 1 is 1.05 bits per heavy atom. The lowest BCUT2D eigenvalue weighted by molar-refractivity contribution is -0.160. The second-order valence-electron chi connectivity index (χ2n) is 10.2. The number of carbonyl (C=O) groups is 2. The van der Waals surface area contributed by atoms with Crippen LogP contribution in [0.1, 0.15) is 59.6 Å². The normalized spacial score (nSPS) is 17.5. The second-order valence-corrected chi connectivity index (χ2v) is 10.2. The monoisotopic (exact) mass is 540 g/mol. The van der Waals surface area contributed by atoms with Gasteiger partial charge in [-0.15, -0.1) is 0 Å². The molecule has 1 heterocycles. The molecule has 2 aliphatic rings. The predicted octanol–water partition coefficient (Wildman–Crippen LogP) is 5.18. The average molecular weight is 541 g/mol. The molecule has 2 atom stereocenters. The third-order valence-electron chi connectivity index (χ3n) is 7.65. The van der Waals surface area contributed by atoms with E-state index in [1.54, 1.807) is 18.2 Å². The van der Waals surface area contributed by atoms with Crippen molar-refractivity contribution in [3.63, 3.8) is 0 Å². The molecule has 0 saturated heterocycles. The molecule has 0 bridgehead atoms. The van der Waals surface area contributed by atoms with E-state index < -0.39 is 18.1 Å². The molecule has 1 N–H and O–H groups in total. The highest BCUT2D eigenvalue weighted by Gasteiger charge is 2.41. The van der Waals surface area contributed by atoms with E-state index in [1.165, 1.54) is 12.0 Å². The zero-order valence-electron chi connectivity index (χ0n) is 22.4. The minimum Gasteiger partial charge on any atom is -0.493 e. The summed E-state index contributed by atoms with van der Waals surface area (Å²) < 4.78 is 18.1. The topological polar surface area (TPSA) is 109 Å². The first-order valence-corrected chi connectivity index (χ1v) is 13.5. The summed E-state index contributed by atoms with van der Waals surface area (Å²) in [6, 6.07) is 21.0. The molecule has 8 nitrogen and oxygen atoms in total. The Balaban J connectivity index is 1.44. The molecule has 0 aromatic heterocycles. The first kappa shape index (κ1) is 27.2. The number of methoxy groups -OCH3 is 1. The van der Waals surface area contributed by atoms with Gasteiger partial charge in [0.15, 0.2) is 17.6 Å². The summed E-state index contributed by atoms with van der Waals surface area (Å²) in [5.74, 6) is -0.493. The molecular formula is C32H32N2O6. The van der Waals surface area contributed by atoms with Crippen molar-refractivity contribution in [2.45, 2.75) is 63.5 Å². The van der Waals surface area contributed by atoms with Crippen LogP contribution in [0.15, 0.2) is 66.7 Å². The number of fused-ring (bicyclic) bond motifs is 1. The third-order valence-corrected chi connectivity index (χ3v) is 7.65. The van der Waals surface area contributed by atoms with Gasteiger partial charge >= 0.3 is 5.97 Å². The van der Waals surface area contributed by atoms with Gasteiger partial charge in [-0.1, -0.05) is 61.4 Å². The molecule has 3 aromatic carbocycles. The average Bonchev–Trinajstić information content (AvgIpc) is 3.51. The Bertz CT molecular complexity index is 1390. The number of rotatable bonds is 9. The fourth-order valence-corrected chi connectivity index (χ4v) is 5.49. The van der Waals surface area contributed by atoms with Crippen molar-refractivity contribution >= 4 is 11.9 Å². The molecule has 1 amide bonds. The van der Waals surface area contributed by atoms with Crippen LogP contribution in [0, 0.1) is 11.3 Å². The molecular weight excluding hydrogens is 508 g/mol. The Morgan fingerprint density at radius 2 is 1.77 bits per heavy atom. The Morgan fingerprint density at radius 3 is 2.42 bits per heavy atom. The number of carboxylic acids is 1. The molecule has 1 aliphatic carbocycles. The minimum atomic E-state index is -1.09. The number of hydrogen-bond donors (Lipinski definition) is 1. The molecule has 40 heavy (non-hydrogen) atoms. The molecule has 0 spiro atoms. The van der Waals surface area contributed by atoms with Crippen LogP contribution >= 0.6 is 0 Å². The minimum absolute atomic E-state index is 0.0269. The third kappa shape index (κ3) is 5.80. The van der Waals surface area contributed by atoms with Crippen molar-refractivity contribution < 1.29 is 28.9 Å². The van der Waals surface area contributed by atoms with E-state index in [1.807, 2.05) is 48.5 Å². The van der Waals surface area contributed by atoms with E-state index in [0.717, 1.165) is 42.4 Å². The summed E-state index contributed by atoms with van der Waals surface area (Å²) in [5, 5.41) is 19.3. The highest BCUT2D eigenvalue weighted by atomic mass is 16.5. The van der Waals surface area contributed by atoms with E-state index >= 15 is 0 Å². The Hall–Kier alpha value is -4.35. The van der Waals surface area contributed by atoms with Gasteiger partial charge in [-0.2, -0.15) is 5.26 Å². The summed E-state index contributed by atoms with van der Waals surface area (Å²) in [6.07, 6.45) is 3.06. The van der Waals surface area contributed by atoms with E-state index in [2.05, 4.69) is 6.07 Å². The second kappa shape index (κ2) is 12.2. The van der Waals surface area contributed by atoms with Gasteiger partial charge in [0, 0.05) is 18.5 Å². The summed E-state index contributed by atoms with van der Waals surface area (Å²) in [6.45, 7) is 0.323. The van der Waals surface area contributed by atoms with E-state index in [-0.39, 0.29) is 31.6 Å². The van der Waals surface area contributed by atoms with Gasteiger partial charge in [-0.25, -0.2) is 4.79 Å². The number of amides is 1. The summed E-state index contributed by atoms with van der Waals surface area (Å²) in [5.41, 5.74) is 3.64. The standard InChI is InChI=1S/C32H32N2O6/c1-38-28-16-15-24-19-34(31(35)29(23-7-3-2-4-8-23)40-25-9-5-6-10-25)27(32(36)37)17-26(24)30(28)39-20-22-13-11-21(18-33)12-14-22/h2-4,7-8,11-16,25,27,29H,5-6,9-10,17,19-20H2,1H3,(H,36,37)/t27-,29-/m1/s1. The number of nitriles is 1. The highest BCUT2D eigenvalue weighted by molar-refractivity contribution is 5.88. The largest absolute Gasteiger partial charge is 0.493 e. The maximum atomic E-state index is 14.0. The molecule has 0 radical (unpaired) electrons. The lowest BCUT2D eigenvalue weighted by Gasteiger charge is -2.37. The van der Waals surface area contributed by atoms with Crippen LogP contribution in [0.5, 0.6) is 11.5 Å². The quantitative estimate of drug-likeness (QED) is 0.398. The van der Waals surface area contributed by atoms with Gasteiger partial charge in [-0.05, 0) is 47.7 Å². The van der Waals surface area contributed by atoms with Crippen LogP contribution < -0.4 is 9.47 Å². The number of carboxylic acid groups (broad SMARTS) is 1. The van der Waals surface area contributed by atoms with Gasteiger partial charge in [0.25, 0.3) is 5.91 Å². The maximum absolute atomic E-state index is 14.0. The number of nitrogens with zero attached hydrogens (tertiary/aromatic N) is 2. The summed E-state index contributed by atoms with van der Waals surface area (Å²) >= 11 is 0. The first-order chi connectivity index (χ1) is 19.5. The molecule has 8 heteroatoms. The maximum Gasteiger partial charge on any atom is 0.326 e. The molecule has 3 aromatic rings. The van der Waals surface area contributed by atoms with E-state index in [9.17, 15) is 14.7 Å². The van der Waals surface area contributed by atoms with Crippen LogP contribution in [0.4, 0.5) is 0 Å². The van der Waals surface area contributed by atoms with Crippen molar-refractivity contribution in [1.29, 1.82) is 5.26 Å². The number of carbonyl (C=O) groups excluding carboxylic acids is 1. The van der Waals surface area contributed by atoms with Crippen LogP contribution in [0.2, 0.25) is 0 Å². The van der Waals surface area contributed by atoms with Crippen LogP contribution in [0.25, 0.3) is 0 Å². The van der Waals surface area contributed by atoms with Crippen molar-refractivity contribution in [2.75, 3.05) is 7.11 Å². The Kier molecular flexibility index (Phi) is 8.32. The highest BCUT2D eigenvalue weighted by Crippen LogP contribution is 2.40. The van der Waals surface area contributed by atoms with Gasteiger partial charge in [0.05, 0.1) is 24.8 Å². The predicted molar refractivity (Wildman–Crippen MR) is 147 cm³/mol. The number of hydrogen-bond acceptors (Lipinski definition) is 6. The number of ether oxygens (including phenoxy) is 3. The smallest absolute Gasteiger partial charge is 0.326 e. The summed E-state index contributed by atoms with van der Waals surface area (Å²) in [4.78, 5) is 28.0. The van der Waals surface area contributed by atoms with Gasteiger partial charge in [-0.3, -0.25) is 4.79 Å². The lowest BCUT2D eigenvalue weighted by Crippen LogP contribution is -2.50. The lowest BCUT2D eigenvalue weighted by atomic mass is 9.91. The van der Waals surface area contributed by atoms with Crippen molar-refractivity contribution in [2.24, 2.45) is 0 Å². The van der Waals surface area contributed by atoms with Gasteiger partial charge in [0.1, 0.15) is 12.6 Å². The fourth-order valence-electron chi connectivity index (χ4n) is 5.49. The molecule has 0 unspecified atom stereocenters. The van der Waals surface area contributed by atoms with E-state index in [4.69, 9.17) is 19.5 Å². The van der Waals surface area contributed by atoms with Crippen molar-refractivity contribution in [3.05, 3.63) is 94.5 Å².